The van der Waals surface area contributed by atoms with E-state index in [0.717, 1.165) is 42.4 Å². The van der Waals surface area contributed by atoms with Crippen molar-refractivity contribution in [3.05, 3.63) is 65.6 Å². The van der Waals surface area contributed by atoms with Crippen LogP contribution in [0.4, 0.5) is 15.1 Å². The summed E-state index contributed by atoms with van der Waals surface area (Å²) in [7, 11) is 0. The van der Waals surface area contributed by atoms with Crippen LogP contribution in [0.5, 0.6) is 0 Å². The van der Waals surface area contributed by atoms with E-state index in [2.05, 4.69) is 20.6 Å². The lowest BCUT2D eigenvalue weighted by Gasteiger charge is -2.30. The number of hydrogen-bond donors (Lipinski definition) is 2. The molecule has 1 heterocycles. The third-order valence-electron chi connectivity index (χ3n) is 5.84. The van der Waals surface area contributed by atoms with E-state index < -0.39 is 5.60 Å². The molecule has 1 aliphatic rings. The number of hydrogen-bond acceptors (Lipinski definition) is 5. The zero-order valence-corrected chi connectivity index (χ0v) is 20.9. The van der Waals surface area contributed by atoms with Crippen LogP contribution in [0.2, 0.25) is 5.02 Å². The van der Waals surface area contributed by atoms with Crippen molar-refractivity contribution in [1.29, 1.82) is 0 Å². The number of halogens is 2. The van der Waals surface area contributed by atoms with Crippen LogP contribution in [0.3, 0.4) is 0 Å². The zero-order chi connectivity index (χ0) is 25.0. The Hall–Kier alpha value is -3.19. The molecule has 1 saturated carbocycles. The number of carbonyl (C=O) groups is 1. The average Bonchev–Trinajstić information content (AvgIpc) is 2.81. The molecular weight excluding hydrogens is 467 g/mol. The molecule has 1 amide bonds. The second-order valence-electron chi connectivity index (χ2n) is 9.82. The van der Waals surface area contributed by atoms with Gasteiger partial charge in [-0.05, 0) is 75.8 Å². The summed E-state index contributed by atoms with van der Waals surface area (Å²) in [4.78, 5) is 21.1. The number of aromatic nitrogens is 2. The van der Waals surface area contributed by atoms with Crippen LogP contribution in [-0.4, -0.2) is 33.7 Å². The molecule has 0 unspecified atom stereocenters. The Kier molecular flexibility index (Phi) is 7.55. The second kappa shape index (κ2) is 10.6. The van der Waals surface area contributed by atoms with E-state index in [1.807, 2.05) is 45.0 Å². The second-order valence-corrected chi connectivity index (χ2v) is 10.2. The third-order valence-corrected chi connectivity index (χ3v) is 6.12. The maximum absolute atomic E-state index is 13.3. The highest BCUT2D eigenvalue weighted by atomic mass is 35.5. The van der Waals surface area contributed by atoms with Gasteiger partial charge >= 0.3 is 6.09 Å². The molecule has 3 aromatic rings. The van der Waals surface area contributed by atoms with Gasteiger partial charge in [0.1, 0.15) is 11.4 Å². The third kappa shape index (κ3) is 6.92. The van der Waals surface area contributed by atoms with Gasteiger partial charge in [0, 0.05) is 17.6 Å². The van der Waals surface area contributed by atoms with Gasteiger partial charge in [-0.1, -0.05) is 41.9 Å². The van der Waals surface area contributed by atoms with Crippen LogP contribution in [0.1, 0.15) is 46.5 Å². The summed E-state index contributed by atoms with van der Waals surface area (Å²) >= 11 is 6.45. The molecule has 0 radical (unpaired) electrons. The van der Waals surface area contributed by atoms with E-state index in [1.54, 1.807) is 18.3 Å². The smallest absolute Gasteiger partial charge is 0.407 e. The predicted octanol–water partition coefficient (Wildman–Crippen LogP) is 6.85. The van der Waals surface area contributed by atoms with E-state index in [4.69, 9.17) is 16.3 Å². The molecule has 0 bridgehead atoms. The van der Waals surface area contributed by atoms with Crippen LogP contribution in [0.15, 0.2) is 54.7 Å². The molecule has 1 aromatic heterocycles. The molecule has 35 heavy (non-hydrogen) atoms. The zero-order valence-electron chi connectivity index (χ0n) is 20.1. The molecular formula is C27H30ClFN4O2. The Morgan fingerprint density at radius 2 is 1.66 bits per heavy atom. The Morgan fingerprint density at radius 1 is 1.00 bits per heavy atom. The van der Waals surface area contributed by atoms with Gasteiger partial charge in [-0.25, -0.2) is 19.2 Å². The van der Waals surface area contributed by atoms with Gasteiger partial charge in [0.15, 0.2) is 0 Å². The number of benzene rings is 2. The monoisotopic (exact) mass is 496 g/mol. The molecule has 4 rings (SSSR count). The van der Waals surface area contributed by atoms with Crippen molar-refractivity contribution >= 4 is 23.6 Å². The van der Waals surface area contributed by atoms with Crippen LogP contribution in [-0.2, 0) is 4.74 Å². The maximum Gasteiger partial charge on any atom is 0.407 e. The minimum atomic E-state index is -0.509. The maximum atomic E-state index is 13.3. The van der Waals surface area contributed by atoms with Crippen molar-refractivity contribution in [2.75, 3.05) is 5.32 Å². The number of ether oxygens (including phenoxy) is 1. The first-order valence-electron chi connectivity index (χ1n) is 11.8. The van der Waals surface area contributed by atoms with Crippen molar-refractivity contribution in [2.45, 2.75) is 64.1 Å². The fraction of sp³-hybridized carbons (Fsp3) is 0.370. The summed E-state index contributed by atoms with van der Waals surface area (Å²) in [6, 6.07) is 14.5. The summed E-state index contributed by atoms with van der Waals surface area (Å²) in [6.45, 7) is 5.56. The van der Waals surface area contributed by atoms with E-state index in [1.165, 1.54) is 12.1 Å². The lowest BCUT2D eigenvalue weighted by molar-refractivity contribution is 0.0492. The summed E-state index contributed by atoms with van der Waals surface area (Å²) in [5.41, 5.74) is 2.84. The Labute approximate surface area is 210 Å². The van der Waals surface area contributed by atoms with Gasteiger partial charge in [0.25, 0.3) is 0 Å². The molecule has 184 valence electrons. The molecule has 8 heteroatoms. The van der Waals surface area contributed by atoms with Crippen LogP contribution >= 0.6 is 11.6 Å². The first-order chi connectivity index (χ1) is 16.7. The number of nitrogens with zero attached hydrogens (tertiary/aromatic N) is 2. The van der Waals surface area contributed by atoms with E-state index in [0.29, 0.717) is 16.7 Å². The van der Waals surface area contributed by atoms with Crippen molar-refractivity contribution < 1.29 is 13.9 Å². The van der Waals surface area contributed by atoms with Crippen molar-refractivity contribution in [1.82, 2.24) is 15.3 Å². The van der Waals surface area contributed by atoms with Crippen molar-refractivity contribution in [3.8, 4) is 22.4 Å². The summed E-state index contributed by atoms with van der Waals surface area (Å²) in [5, 5.41) is 6.83. The lowest BCUT2D eigenvalue weighted by Crippen LogP contribution is -2.42. The van der Waals surface area contributed by atoms with E-state index in [9.17, 15) is 9.18 Å². The Balaban J connectivity index is 1.40. The van der Waals surface area contributed by atoms with Crippen LogP contribution in [0.25, 0.3) is 22.4 Å². The van der Waals surface area contributed by atoms with E-state index >= 15 is 0 Å². The topological polar surface area (TPSA) is 76.1 Å². The molecule has 0 aliphatic heterocycles. The number of rotatable bonds is 5. The molecule has 1 fully saturated rings. The van der Waals surface area contributed by atoms with Crippen molar-refractivity contribution in [2.24, 2.45) is 0 Å². The normalized spacial score (nSPS) is 18.1. The molecule has 0 spiro atoms. The molecule has 6 nitrogen and oxygen atoms in total. The minimum absolute atomic E-state index is 0.0961. The Bertz CT molecular complexity index is 1170. The fourth-order valence-electron chi connectivity index (χ4n) is 4.17. The predicted molar refractivity (Wildman–Crippen MR) is 137 cm³/mol. The van der Waals surface area contributed by atoms with Crippen LogP contribution < -0.4 is 10.6 Å². The highest BCUT2D eigenvalue weighted by molar-refractivity contribution is 6.32. The number of alkyl carbamates (subject to hydrolysis) is 1. The van der Waals surface area contributed by atoms with Gasteiger partial charge in [-0.15, -0.1) is 0 Å². The quantitative estimate of drug-likeness (QED) is 0.404. The average molecular weight is 497 g/mol. The standard InChI is InChI=1S/C27H30ClFN4O2/c1-27(2,3)35-26(34)32-22-13-11-21(12-14-22)31-25-30-16-23(28)24(33-25)19-6-4-5-18(15-19)17-7-9-20(29)10-8-17/h4-10,15-16,21-22H,11-14H2,1-3H3,(H,32,34)(H,30,31,33)/t21-,22-. The first-order valence-corrected chi connectivity index (χ1v) is 12.2. The molecule has 0 atom stereocenters. The number of amides is 1. The van der Waals surface area contributed by atoms with Crippen LogP contribution in [0, 0.1) is 5.82 Å². The molecule has 2 N–H and O–H groups in total. The summed E-state index contributed by atoms with van der Waals surface area (Å²) in [5.74, 6) is 0.245. The fourth-order valence-corrected chi connectivity index (χ4v) is 4.37. The van der Waals surface area contributed by atoms with Gasteiger partial charge in [0.05, 0.1) is 16.9 Å². The number of anilines is 1. The van der Waals surface area contributed by atoms with Gasteiger partial charge in [0.2, 0.25) is 5.95 Å². The molecule has 0 saturated heterocycles. The largest absolute Gasteiger partial charge is 0.444 e. The minimum Gasteiger partial charge on any atom is -0.444 e. The number of nitrogens with one attached hydrogen (secondary N) is 2. The van der Waals surface area contributed by atoms with Gasteiger partial charge in [-0.2, -0.15) is 0 Å². The number of carbonyl (C=O) groups excluding carboxylic acids is 1. The first kappa shape index (κ1) is 24.9. The Morgan fingerprint density at radius 3 is 2.34 bits per heavy atom. The summed E-state index contributed by atoms with van der Waals surface area (Å²) in [6.07, 6.45) is 4.67. The van der Waals surface area contributed by atoms with Gasteiger partial charge in [-0.3, -0.25) is 0 Å². The highest BCUT2D eigenvalue weighted by Gasteiger charge is 2.25. The molecule has 1 aliphatic carbocycles. The SMILES string of the molecule is CC(C)(C)OC(=O)N[C@H]1CC[C@H](Nc2ncc(Cl)c(-c3cccc(-c4ccc(F)cc4)c3)n2)CC1. The highest BCUT2D eigenvalue weighted by Crippen LogP contribution is 2.31. The molecule has 2 aromatic carbocycles. The summed E-state index contributed by atoms with van der Waals surface area (Å²) < 4.78 is 18.7. The van der Waals surface area contributed by atoms with Crippen molar-refractivity contribution in [3.63, 3.8) is 0 Å². The van der Waals surface area contributed by atoms with E-state index in [-0.39, 0.29) is 24.0 Å². The lowest BCUT2D eigenvalue weighted by atomic mass is 9.91. The van der Waals surface area contributed by atoms with Gasteiger partial charge < -0.3 is 15.4 Å².